The van der Waals surface area contributed by atoms with Gasteiger partial charge in [-0.3, -0.25) is 0 Å². The lowest BCUT2D eigenvalue weighted by Crippen LogP contribution is -2.27. The Kier molecular flexibility index (Phi) is 28.2. The van der Waals surface area contributed by atoms with Crippen molar-refractivity contribution in [2.45, 2.75) is 191 Å². The van der Waals surface area contributed by atoms with Crippen LogP contribution in [0.4, 0.5) is 0 Å². The van der Waals surface area contributed by atoms with Gasteiger partial charge in [-0.05, 0) is 75.0 Å². The smallest absolute Gasteiger partial charge is 0.331 e. The molecule has 0 aliphatic rings. The molecule has 0 saturated carbocycles. The van der Waals surface area contributed by atoms with Gasteiger partial charge in [-0.15, -0.1) is 0 Å². The van der Waals surface area contributed by atoms with Crippen LogP contribution in [0.15, 0.2) is 23.3 Å². The van der Waals surface area contributed by atoms with Gasteiger partial charge in [-0.1, -0.05) is 156 Å². The minimum absolute atomic E-state index is 0.154. The van der Waals surface area contributed by atoms with Gasteiger partial charge < -0.3 is 14.6 Å². The Hall–Kier alpha value is -1.62. The lowest BCUT2D eigenvalue weighted by atomic mass is 9.91. The Labute approximate surface area is 298 Å². The van der Waals surface area contributed by atoms with Crippen LogP contribution in [-0.4, -0.2) is 36.4 Å². The lowest BCUT2D eigenvalue weighted by Gasteiger charge is -2.16. The summed E-state index contributed by atoms with van der Waals surface area (Å²) in [5, 5.41) is 9.69. The van der Waals surface area contributed by atoms with Crippen LogP contribution in [0.5, 0.6) is 0 Å². The summed E-state index contributed by atoms with van der Waals surface area (Å²) < 4.78 is 10.7. The maximum absolute atomic E-state index is 12.4. The second kappa shape index (κ2) is 29.1. The first kappa shape index (κ1) is 46.4. The van der Waals surface area contributed by atoms with Gasteiger partial charge in [0.2, 0.25) is 0 Å². The number of hydrogen-bond acceptors (Lipinski definition) is 5. The van der Waals surface area contributed by atoms with E-state index in [0.717, 1.165) is 73.3 Å². The molecular weight excluding hydrogens is 596 g/mol. The van der Waals surface area contributed by atoms with Crippen LogP contribution in [0.1, 0.15) is 185 Å². The van der Waals surface area contributed by atoms with Gasteiger partial charge in [0.05, 0.1) is 6.61 Å². The third-order valence-electron chi connectivity index (χ3n) is 9.91. The van der Waals surface area contributed by atoms with Crippen molar-refractivity contribution >= 4 is 11.9 Å². The number of rotatable bonds is 30. The largest absolute Gasteiger partial charge is 0.458 e. The van der Waals surface area contributed by atoms with Crippen LogP contribution in [-0.2, 0) is 19.1 Å². The van der Waals surface area contributed by atoms with Gasteiger partial charge in [-0.25, -0.2) is 9.59 Å². The minimum Gasteiger partial charge on any atom is -0.458 e. The molecule has 0 bridgehead atoms. The van der Waals surface area contributed by atoms with E-state index in [1.807, 2.05) is 13.8 Å². The summed E-state index contributed by atoms with van der Waals surface area (Å²) in [4.78, 5) is 24.8. The van der Waals surface area contributed by atoms with Crippen LogP contribution < -0.4 is 0 Å². The summed E-state index contributed by atoms with van der Waals surface area (Å²) in [6.07, 6.45) is 24.2. The first-order valence-corrected chi connectivity index (χ1v) is 20.0. The van der Waals surface area contributed by atoms with Gasteiger partial charge in [0.15, 0.2) is 6.10 Å². The quantitative estimate of drug-likeness (QED) is 0.0605. The Morgan fingerprint density at radius 3 is 1.21 bits per heavy atom. The van der Waals surface area contributed by atoms with E-state index in [0.29, 0.717) is 11.8 Å². The van der Waals surface area contributed by atoms with Crippen molar-refractivity contribution in [2.24, 2.45) is 35.5 Å². The molecule has 0 saturated heterocycles. The number of aliphatic hydroxyl groups excluding tert-OH is 1. The van der Waals surface area contributed by atoms with Crippen molar-refractivity contribution < 1.29 is 24.2 Å². The molecule has 0 aliphatic carbocycles. The fourth-order valence-corrected chi connectivity index (χ4v) is 6.50. The topological polar surface area (TPSA) is 72.8 Å². The molecule has 0 spiro atoms. The van der Waals surface area contributed by atoms with Gasteiger partial charge in [0.25, 0.3) is 0 Å². The standard InChI is InChI=1S/C43H80O5/c1-33(2)17-11-19-35(5)21-13-23-37(7)25-15-27-39(9)29-42(45)47-32-41(31-44)48-43(46)30-40(10)28-16-26-38(8)24-14-22-36(6)20-12-18-34(3)4/h29-30,33-38,41,44H,11-28,31-32H2,1-10H3/b39-29+,40-30+/t35-,36-,37-,38-,41-/m1/s1. The third kappa shape index (κ3) is 29.3. The third-order valence-corrected chi connectivity index (χ3v) is 9.91. The van der Waals surface area contributed by atoms with Crippen molar-refractivity contribution in [2.75, 3.05) is 13.2 Å². The van der Waals surface area contributed by atoms with Gasteiger partial charge >= 0.3 is 11.9 Å². The summed E-state index contributed by atoms with van der Waals surface area (Å²) in [6.45, 7) is 22.0. The monoisotopic (exact) mass is 677 g/mol. The fourth-order valence-electron chi connectivity index (χ4n) is 6.50. The lowest BCUT2D eigenvalue weighted by molar-refractivity contribution is -0.155. The first-order valence-electron chi connectivity index (χ1n) is 20.0. The number of carbonyl (C=O) groups is 2. The molecule has 48 heavy (non-hydrogen) atoms. The molecule has 0 heterocycles. The fraction of sp³-hybridized carbons (Fsp3) is 0.860. The van der Waals surface area contributed by atoms with Crippen LogP contribution >= 0.6 is 0 Å². The summed E-state index contributed by atoms with van der Waals surface area (Å²) in [5.41, 5.74) is 1.96. The summed E-state index contributed by atoms with van der Waals surface area (Å²) in [7, 11) is 0. The van der Waals surface area contributed by atoms with Crippen LogP contribution in [0.3, 0.4) is 0 Å². The van der Waals surface area contributed by atoms with Crippen molar-refractivity contribution in [1.82, 2.24) is 0 Å². The highest BCUT2D eigenvalue weighted by Crippen LogP contribution is 2.23. The minimum atomic E-state index is -0.870. The molecule has 5 heteroatoms. The number of carbonyl (C=O) groups excluding carboxylic acids is 2. The average Bonchev–Trinajstić information content (AvgIpc) is 2.98. The van der Waals surface area contributed by atoms with Crippen LogP contribution in [0.2, 0.25) is 0 Å². The van der Waals surface area contributed by atoms with E-state index >= 15 is 0 Å². The van der Waals surface area contributed by atoms with E-state index in [1.165, 1.54) is 89.2 Å². The zero-order chi connectivity index (χ0) is 36.3. The average molecular weight is 677 g/mol. The normalized spacial score (nSPS) is 15.8. The number of allylic oxidation sites excluding steroid dienone is 2. The molecular formula is C43H80O5. The molecule has 282 valence electrons. The van der Waals surface area contributed by atoms with E-state index in [-0.39, 0.29) is 6.61 Å². The highest BCUT2D eigenvalue weighted by molar-refractivity contribution is 5.83. The van der Waals surface area contributed by atoms with Gasteiger partial charge in [0, 0.05) is 12.2 Å². The maximum atomic E-state index is 12.4. The molecule has 0 amide bonds. The predicted octanol–water partition coefficient (Wildman–Crippen LogP) is 12.2. The zero-order valence-electron chi connectivity index (χ0n) is 33.4. The maximum Gasteiger partial charge on any atom is 0.331 e. The molecule has 5 nitrogen and oxygen atoms in total. The van der Waals surface area contributed by atoms with Crippen molar-refractivity contribution in [1.29, 1.82) is 0 Å². The molecule has 0 unspecified atom stereocenters. The second-order valence-electron chi connectivity index (χ2n) is 16.6. The van der Waals surface area contributed by atoms with Crippen molar-refractivity contribution in [3.8, 4) is 0 Å². The molecule has 0 rings (SSSR count). The summed E-state index contributed by atoms with van der Waals surface area (Å²) in [6, 6.07) is 0. The second-order valence-corrected chi connectivity index (χ2v) is 16.6. The number of esters is 2. The van der Waals surface area contributed by atoms with Crippen LogP contribution in [0.25, 0.3) is 0 Å². The summed E-state index contributed by atoms with van der Waals surface area (Å²) in [5.74, 6) is 3.69. The first-order chi connectivity index (χ1) is 22.7. The van der Waals surface area contributed by atoms with Gasteiger partial charge in [0.1, 0.15) is 6.61 Å². The molecule has 0 radical (unpaired) electrons. The predicted molar refractivity (Wildman–Crippen MR) is 205 cm³/mol. The van der Waals surface area contributed by atoms with E-state index in [9.17, 15) is 14.7 Å². The number of hydrogen-bond donors (Lipinski definition) is 1. The molecule has 0 fully saturated rings. The number of aliphatic hydroxyl groups is 1. The SMILES string of the molecule is C/C(=C\C(=O)OC[C@@H](CO)OC(=O)/C=C(\C)CCC[C@H](C)CCC[C@H](C)CCCC(C)C)CCC[C@H](C)CCC[C@H](C)CCCC(C)C. The van der Waals surface area contributed by atoms with E-state index in [2.05, 4.69) is 55.4 Å². The van der Waals surface area contributed by atoms with E-state index in [4.69, 9.17) is 9.47 Å². The number of ether oxygens (including phenoxy) is 2. The highest BCUT2D eigenvalue weighted by Gasteiger charge is 2.15. The molecule has 0 aromatic heterocycles. The molecule has 0 aromatic carbocycles. The zero-order valence-corrected chi connectivity index (χ0v) is 33.4. The van der Waals surface area contributed by atoms with Crippen molar-refractivity contribution in [3.63, 3.8) is 0 Å². The molecule has 0 aliphatic heterocycles. The van der Waals surface area contributed by atoms with E-state index < -0.39 is 24.6 Å². The highest BCUT2D eigenvalue weighted by atomic mass is 16.6. The Bertz CT molecular complexity index is 872. The van der Waals surface area contributed by atoms with Crippen LogP contribution in [0, 0.1) is 35.5 Å². The molecule has 0 aromatic rings. The summed E-state index contributed by atoms with van der Waals surface area (Å²) >= 11 is 0. The molecule has 1 N–H and O–H groups in total. The Balaban J connectivity index is 4.21. The Morgan fingerprint density at radius 2 is 0.854 bits per heavy atom. The van der Waals surface area contributed by atoms with Gasteiger partial charge in [-0.2, -0.15) is 0 Å². The molecule has 5 atom stereocenters. The Morgan fingerprint density at radius 1 is 0.521 bits per heavy atom. The van der Waals surface area contributed by atoms with Crippen molar-refractivity contribution in [3.05, 3.63) is 23.3 Å². The van der Waals surface area contributed by atoms with E-state index in [1.54, 1.807) is 0 Å².